The fraction of sp³-hybridized carbons (Fsp3) is 0.455. The van der Waals surface area contributed by atoms with E-state index >= 15 is 0 Å². The van der Waals surface area contributed by atoms with Gasteiger partial charge in [-0.1, -0.05) is 0 Å². The molecule has 0 aliphatic carbocycles. The fourth-order valence-electron chi connectivity index (χ4n) is 1.65. The Kier molecular flexibility index (Phi) is 3.36. The summed E-state index contributed by atoms with van der Waals surface area (Å²) in [6.45, 7) is 3.35. The van der Waals surface area contributed by atoms with E-state index in [1.807, 2.05) is 12.3 Å². The van der Waals surface area contributed by atoms with Crippen molar-refractivity contribution < 1.29 is 0 Å². The molecule has 2 N–H and O–H groups in total. The summed E-state index contributed by atoms with van der Waals surface area (Å²) in [6.07, 6.45) is 3.50. The molecule has 0 bridgehead atoms. The van der Waals surface area contributed by atoms with Gasteiger partial charge in [0.05, 0.1) is 11.8 Å². The molecule has 0 aromatic carbocycles. The molecule has 0 saturated heterocycles. The van der Waals surface area contributed by atoms with Crippen molar-refractivity contribution in [3.8, 4) is 0 Å². The monoisotopic (exact) mass is 237 g/mol. The lowest BCUT2D eigenvalue weighted by atomic mass is 10.3. The summed E-state index contributed by atoms with van der Waals surface area (Å²) in [6, 6.07) is 0. The maximum absolute atomic E-state index is 12.0. The molecule has 86 valence electrons. The van der Waals surface area contributed by atoms with Gasteiger partial charge in [-0.2, -0.15) is 0 Å². The van der Waals surface area contributed by atoms with Crippen LogP contribution in [0.3, 0.4) is 0 Å². The summed E-state index contributed by atoms with van der Waals surface area (Å²) < 4.78 is 2.43. The fourth-order valence-corrected chi connectivity index (χ4v) is 2.60. The highest BCUT2D eigenvalue weighted by Gasteiger charge is 2.07. The zero-order valence-corrected chi connectivity index (χ0v) is 10.1. The van der Waals surface area contributed by atoms with Gasteiger partial charge in [0, 0.05) is 6.54 Å². The molecule has 0 saturated carbocycles. The van der Waals surface area contributed by atoms with E-state index in [1.165, 1.54) is 11.3 Å². The van der Waals surface area contributed by atoms with Crippen LogP contribution in [-0.4, -0.2) is 16.1 Å². The number of aromatic nitrogens is 2. The molecule has 0 radical (unpaired) electrons. The van der Waals surface area contributed by atoms with Gasteiger partial charge in [0.25, 0.3) is 5.56 Å². The van der Waals surface area contributed by atoms with E-state index in [0.717, 1.165) is 28.6 Å². The largest absolute Gasteiger partial charge is 0.330 e. The van der Waals surface area contributed by atoms with Crippen LogP contribution in [0.25, 0.3) is 10.2 Å². The number of thiophene rings is 1. The maximum atomic E-state index is 12.0. The van der Waals surface area contributed by atoms with Crippen LogP contribution in [-0.2, 0) is 6.54 Å². The summed E-state index contributed by atoms with van der Waals surface area (Å²) in [7, 11) is 0. The number of fused-ring (bicyclic) bond motifs is 1. The standard InChI is InChI=1S/C11H15N3OS/c1-8-6-16-10-9(8)13-7-14(11(10)15)5-3-2-4-12/h6-7H,2-5,12H2,1H3. The van der Waals surface area contributed by atoms with Crippen LogP contribution in [0.1, 0.15) is 18.4 Å². The second-order valence-corrected chi connectivity index (χ2v) is 4.71. The number of rotatable bonds is 4. The summed E-state index contributed by atoms with van der Waals surface area (Å²) in [4.78, 5) is 16.4. The third-order valence-corrected chi connectivity index (χ3v) is 3.65. The highest BCUT2D eigenvalue weighted by Crippen LogP contribution is 2.19. The van der Waals surface area contributed by atoms with E-state index in [2.05, 4.69) is 4.98 Å². The average molecular weight is 237 g/mol. The van der Waals surface area contributed by atoms with Crippen molar-refractivity contribution in [2.75, 3.05) is 6.54 Å². The smallest absolute Gasteiger partial charge is 0.271 e. The van der Waals surface area contributed by atoms with E-state index in [-0.39, 0.29) is 5.56 Å². The normalized spacial score (nSPS) is 11.1. The Labute approximate surface area is 97.7 Å². The van der Waals surface area contributed by atoms with Crippen molar-refractivity contribution in [2.24, 2.45) is 5.73 Å². The van der Waals surface area contributed by atoms with Crippen LogP contribution in [0, 0.1) is 6.92 Å². The van der Waals surface area contributed by atoms with Gasteiger partial charge in [0.1, 0.15) is 4.70 Å². The molecule has 0 atom stereocenters. The lowest BCUT2D eigenvalue weighted by Crippen LogP contribution is -2.20. The molecule has 2 aromatic rings. The molecule has 2 rings (SSSR count). The Hall–Kier alpha value is -1.20. The molecule has 16 heavy (non-hydrogen) atoms. The van der Waals surface area contributed by atoms with Crippen molar-refractivity contribution >= 4 is 21.6 Å². The third kappa shape index (κ3) is 2.01. The lowest BCUT2D eigenvalue weighted by Gasteiger charge is -2.03. The van der Waals surface area contributed by atoms with E-state index in [1.54, 1.807) is 10.9 Å². The lowest BCUT2D eigenvalue weighted by molar-refractivity contribution is 0.595. The summed E-state index contributed by atoms with van der Waals surface area (Å²) >= 11 is 1.47. The number of aryl methyl sites for hydroxylation is 2. The summed E-state index contributed by atoms with van der Waals surface area (Å²) in [5.41, 5.74) is 7.41. The minimum Gasteiger partial charge on any atom is -0.330 e. The first-order chi connectivity index (χ1) is 7.74. The number of hydrogen-bond donors (Lipinski definition) is 1. The SMILES string of the molecule is Cc1csc2c(=O)n(CCCCN)cnc12. The van der Waals surface area contributed by atoms with Gasteiger partial charge in [-0.15, -0.1) is 11.3 Å². The first-order valence-corrected chi connectivity index (χ1v) is 6.25. The van der Waals surface area contributed by atoms with E-state index < -0.39 is 0 Å². The molecule has 0 amide bonds. The average Bonchev–Trinajstić information content (AvgIpc) is 2.65. The molecule has 0 unspecified atom stereocenters. The van der Waals surface area contributed by atoms with Gasteiger partial charge >= 0.3 is 0 Å². The first-order valence-electron chi connectivity index (χ1n) is 5.37. The first kappa shape index (κ1) is 11.3. The van der Waals surface area contributed by atoms with Gasteiger partial charge in [-0.3, -0.25) is 9.36 Å². The number of hydrogen-bond acceptors (Lipinski definition) is 4. The molecule has 0 aliphatic rings. The van der Waals surface area contributed by atoms with Crippen LogP contribution >= 0.6 is 11.3 Å². The van der Waals surface area contributed by atoms with Gasteiger partial charge in [-0.25, -0.2) is 4.98 Å². The van der Waals surface area contributed by atoms with Crippen LogP contribution in [0.4, 0.5) is 0 Å². The van der Waals surface area contributed by atoms with Gasteiger partial charge in [0.2, 0.25) is 0 Å². The van der Waals surface area contributed by atoms with Gasteiger partial charge < -0.3 is 5.73 Å². The zero-order chi connectivity index (χ0) is 11.5. The summed E-state index contributed by atoms with van der Waals surface area (Å²) in [5, 5.41) is 1.98. The van der Waals surface area contributed by atoms with Crippen LogP contribution < -0.4 is 11.3 Å². The number of nitrogens with two attached hydrogens (primary N) is 1. The minimum absolute atomic E-state index is 0.0696. The second-order valence-electron chi connectivity index (χ2n) is 3.84. The minimum atomic E-state index is 0.0696. The maximum Gasteiger partial charge on any atom is 0.271 e. The molecule has 4 nitrogen and oxygen atoms in total. The topological polar surface area (TPSA) is 60.9 Å². The Bertz CT molecular complexity index is 544. The van der Waals surface area contributed by atoms with E-state index in [9.17, 15) is 4.79 Å². The molecule has 5 heteroatoms. The van der Waals surface area contributed by atoms with Gasteiger partial charge in [0.15, 0.2) is 0 Å². The molecule has 0 aliphatic heterocycles. The van der Waals surface area contributed by atoms with Crippen LogP contribution in [0.5, 0.6) is 0 Å². The van der Waals surface area contributed by atoms with Crippen molar-refractivity contribution in [1.82, 2.24) is 9.55 Å². The Morgan fingerprint density at radius 2 is 2.31 bits per heavy atom. The van der Waals surface area contributed by atoms with E-state index in [0.29, 0.717) is 13.1 Å². The molecular formula is C11H15N3OS. The molecular weight excluding hydrogens is 222 g/mol. The zero-order valence-electron chi connectivity index (χ0n) is 9.27. The van der Waals surface area contributed by atoms with Crippen molar-refractivity contribution in [3.05, 3.63) is 27.6 Å². The third-order valence-electron chi connectivity index (χ3n) is 2.58. The van der Waals surface area contributed by atoms with Crippen molar-refractivity contribution in [3.63, 3.8) is 0 Å². The highest BCUT2D eigenvalue weighted by atomic mass is 32.1. The Morgan fingerprint density at radius 3 is 3.06 bits per heavy atom. The predicted octanol–water partition coefficient (Wildman–Crippen LogP) is 1.51. The summed E-state index contributed by atoms with van der Waals surface area (Å²) in [5.74, 6) is 0. The van der Waals surface area contributed by atoms with Crippen molar-refractivity contribution in [1.29, 1.82) is 0 Å². The Morgan fingerprint density at radius 1 is 1.50 bits per heavy atom. The quantitative estimate of drug-likeness (QED) is 0.820. The number of nitrogens with zero attached hydrogens (tertiary/aromatic N) is 2. The molecule has 0 spiro atoms. The molecule has 0 fully saturated rings. The molecule has 2 aromatic heterocycles. The highest BCUT2D eigenvalue weighted by molar-refractivity contribution is 7.17. The predicted molar refractivity (Wildman–Crippen MR) is 66.9 cm³/mol. The van der Waals surface area contributed by atoms with Crippen LogP contribution in [0.2, 0.25) is 0 Å². The van der Waals surface area contributed by atoms with Crippen molar-refractivity contribution in [2.45, 2.75) is 26.3 Å². The molecule has 2 heterocycles. The second kappa shape index (κ2) is 4.76. The van der Waals surface area contributed by atoms with Gasteiger partial charge in [-0.05, 0) is 37.3 Å². The van der Waals surface area contributed by atoms with E-state index in [4.69, 9.17) is 5.73 Å². The Balaban J connectivity index is 2.34. The van der Waals surface area contributed by atoms with Crippen LogP contribution in [0.15, 0.2) is 16.5 Å². The number of unbranched alkanes of at least 4 members (excludes halogenated alkanes) is 1.